The second-order valence-electron chi connectivity index (χ2n) is 6.83. The highest BCUT2D eigenvalue weighted by Crippen LogP contribution is 2.21. The van der Waals surface area contributed by atoms with Crippen LogP contribution in [0.25, 0.3) is 0 Å². The van der Waals surface area contributed by atoms with Gasteiger partial charge in [-0.15, -0.1) is 10.2 Å². The van der Waals surface area contributed by atoms with Crippen LogP contribution < -0.4 is 5.32 Å². The Kier molecular flexibility index (Phi) is 6.99. The lowest BCUT2D eigenvalue weighted by atomic mass is 10.1. The first kappa shape index (κ1) is 21.7. The van der Waals surface area contributed by atoms with Gasteiger partial charge in [0.2, 0.25) is 5.91 Å². The van der Waals surface area contributed by atoms with Crippen LogP contribution in [0.5, 0.6) is 0 Å². The molecule has 0 unspecified atom stereocenters. The molecule has 0 atom stereocenters. The van der Waals surface area contributed by atoms with Gasteiger partial charge in [-0.05, 0) is 62.2 Å². The number of aryl methyl sites for hydroxylation is 1. The molecule has 30 heavy (non-hydrogen) atoms. The highest BCUT2D eigenvalue weighted by molar-refractivity contribution is 7.99. The zero-order chi connectivity index (χ0) is 21.7. The summed E-state index contributed by atoms with van der Waals surface area (Å²) in [7, 11) is 0. The monoisotopic (exact) mass is 426 g/mol. The van der Waals surface area contributed by atoms with Gasteiger partial charge in [-0.1, -0.05) is 23.9 Å². The van der Waals surface area contributed by atoms with E-state index in [4.69, 9.17) is 0 Å². The molecule has 1 N–H and O–H groups in total. The van der Waals surface area contributed by atoms with Gasteiger partial charge >= 0.3 is 0 Å². The van der Waals surface area contributed by atoms with E-state index < -0.39 is 0 Å². The number of thioether (sulfide) groups is 1. The molecule has 0 radical (unpaired) electrons. The lowest BCUT2D eigenvalue weighted by Gasteiger charge is -2.11. The van der Waals surface area contributed by atoms with Gasteiger partial charge in [0.25, 0.3) is 0 Å². The van der Waals surface area contributed by atoms with E-state index in [1.807, 2.05) is 43.5 Å². The smallest absolute Gasteiger partial charge is 0.232 e. The Bertz CT molecular complexity index is 1060. The van der Waals surface area contributed by atoms with E-state index >= 15 is 0 Å². The Morgan fingerprint density at radius 2 is 1.83 bits per heavy atom. The normalized spacial score (nSPS) is 10.8. The van der Waals surface area contributed by atoms with Crippen molar-refractivity contribution in [3.05, 3.63) is 70.8 Å². The zero-order valence-corrected chi connectivity index (χ0v) is 17.9. The molecule has 0 aliphatic heterocycles. The number of benzene rings is 2. The predicted molar refractivity (Wildman–Crippen MR) is 115 cm³/mol. The van der Waals surface area contributed by atoms with E-state index in [0.29, 0.717) is 23.1 Å². The molecular formula is C22H23FN4O2S. The number of aromatic nitrogens is 3. The van der Waals surface area contributed by atoms with Gasteiger partial charge in [-0.2, -0.15) is 0 Å². The maximum Gasteiger partial charge on any atom is 0.232 e. The molecule has 1 aromatic heterocycles. The summed E-state index contributed by atoms with van der Waals surface area (Å²) in [4.78, 5) is 24.8. The van der Waals surface area contributed by atoms with Crippen LogP contribution in [0, 0.1) is 19.7 Å². The number of nitrogens with one attached hydrogen (secondary N) is 1. The highest BCUT2D eigenvalue weighted by Gasteiger charge is 2.17. The molecule has 3 aromatic rings. The van der Waals surface area contributed by atoms with Gasteiger partial charge in [0.15, 0.2) is 10.9 Å². The summed E-state index contributed by atoms with van der Waals surface area (Å²) in [5.41, 5.74) is 3.36. The summed E-state index contributed by atoms with van der Waals surface area (Å²) in [5.74, 6) is 0.00804. The molecule has 156 valence electrons. The van der Waals surface area contributed by atoms with Gasteiger partial charge in [0.05, 0.1) is 12.2 Å². The van der Waals surface area contributed by atoms with Crippen LogP contribution in [0.1, 0.15) is 34.2 Å². The van der Waals surface area contributed by atoms with Crippen LogP contribution in [0.15, 0.2) is 47.6 Å². The number of Topliss-reactive ketones (excluding diaryl/α,β-unsaturated/α-hetero) is 1. The fourth-order valence-corrected chi connectivity index (χ4v) is 3.86. The predicted octanol–water partition coefficient (Wildman–Crippen LogP) is 4.21. The number of halogens is 1. The number of ketones is 1. The molecular weight excluding hydrogens is 403 g/mol. The van der Waals surface area contributed by atoms with Crippen molar-refractivity contribution in [1.29, 1.82) is 0 Å². The van der Waals surface area contributed by atoms with Gasteiger partial charge in [-0.25, -0.2) is 4.39 Å². The fourth-order valence-electron chi connectivity index (χ4n) is 2.95. The number of rotatable bonds is 8. The van der Waals surface area contributed by atoms with Gasteiger partial charge in [0, 0.05) is 17.8 Å². The van der Waals surface area contributed by atoms with E-state index in [0.717, 1.165) is 16.8 Å². The molecule has 0 saturated carbocycles. The summed E-state index contributed by atoms with van der Waals surface area (Å²) in [5, 5.41) is 11.8. The van der Waals surface area contributed by atoms with E-state index in [-0.39, 0.29) is 29.7 Å². The fraction of sp³-hybridized carbons (Fsp3) is 0.273. The number of hydrogen-bond donors (Lipinski definition) is 1. The van der Waals surface area contributed by atoms with E-state index in [2.05, 4.69) is 15.5 Å². The van der Waals surface area contributed by atoms with Crippen LogP contribution in [0.3, 0.4) is 0 Å². The molecule has 6 nitrogen and oxygen atoms in total. The Labute approximate surface area is 178 Å². The van der Waals surface area contributed by atoms with Crippen molar-refractivity contribution in [2.75, 3.05) is 11.1 Å². The van der Waals surface area contributed by atoms with Crippen molar-refractivity contribution in [2.45, 2.75) is 38.9 Å². The lowest BCUT2D eigenvalue weighted by molar-refractivity contribution is -0.115. The summed E-state index contributed by atoms with van der Waals surface area (Å²) < 4.78 is 14.8. The summed E-state index contributed by atoms with van der Waals surface area (Å²) in [6.07, 6.45) is 0.0840. The van der Waals surface area contributed by atoms with Gasteiger partial charge in [-0.3, -0.25) is 9.59 Å². The van der Waals surface area contributed by atoms with E-state index in [9.17, 15) is 14.0 Å². The summed E-state index contributed by atoms with van der Waals surface area (Å²) >= 11 is 1.25. The van der Waals surface area contributed by atoms with Gasteiger partial charge in [0.1, 0.15) is 11.6 Å². The quantitative estimate of drug-likeness (QED) is 0.431. The third-order valence-corrected chi connectivity index (χ3v) is 5.77. The van der Waals surface area contributed by atoms with Crippen molar-refractivity contribution >= 4 is 29.1 Å². The zero-order valence-electron chi connectivity index (χ0n) is 17.1. The summed E-state index contributed by atoms with van der Waals surface area (Å²) in [6, 6.07) is 11.2. The number of carbonyl (C=O) groups excluding carboxylic acids is 2. The molecule has 0 bridgehead atoms. The number of carbonyl (C=O) groups is 2. The Morgan fingerprint density at radius 1 is 1.10 bits per heavy atom. The highest BCUT2D eigenvalue weighted by atomic mass is 32.2. The van der Waals surface area contributed by atoms with Crippen LogP contribution in [0.2, 0.25) is 0 Å². The van der Waals surface area contributed by atoms with Crippen molar-refractivity contribution in [2.24, 2.45) is 0 Å². The first-order chi connectivity index (χ1) is 14.4. The standard InChI is InChI=1S/C22H23FN4O2S/c1-4-27-20(12-21(29)24-18-7-5-6-14(2)15(18)3)25-26-22(27)30-13-19(28)16-8-10-17(23)11-9-16/h5-11H,4,12-13H2,1-3H3,(H,24,29). The number of nitrogens with zero attached hydrogens (tertiary/aromatic N) is 3. The van der Waals surface area contributed by atoms with Crippen LogP contribution in [0.4, 0.5) is 10.1 Å². The largest absolute Gasteiger partial charge is 0.325 e. The minimum atomic E-state index is -0.381. The number of anilines is 1. The topological polar surface area (TPSA) is 76.9 Å². The Morgan fingerprint density at radius 3 is 2.53 bits per heavy atom. The first-order valence-corrected chi connectivity index (χ1v) is 10.6. The number of hydrogen-bond acceptors (Lipinski definition) is 5. The third kappa shape index (κ3) is 5.13. The molecule has 0 aliphatic rings. The molecule has 1 heterocycles. The Hall–Kier alpha value is -3.00. The minimum Gasteiger partial charge on any atom is -0.325 e. The molecule has 1 amide bonds. The first-order valence-electron chi connectivity index (χ1n) is 9.58. The average molecular weight is 427 g/mol. The van der Waals surface area contributed by atoms with Gasteiger partial charge < -0.3 is 9.88 Å². The molecule has 2 aromatic carbocycles. The number of amides is 1. The maximum atomic E-state index is 13.0. The average Bonchev–Trinajstić information content (AvgIpc) is 3.11. The second-order valence-corrected chi connectivity index (χ2v) is 7.78. The van der Waals surface area contributed by atoms with Crippen molar-refractivity contribution in [3.63, 3.8) is 0 Å². The summed E-state index contributed by atoms with van der Waals surface area (Å²) in [6.45, 7) is 6.47. The minimum absolute atomic E-state index is 0.0840. The third-order valence-electron chi connectivity index (χ3n) is 4.81. The maximum absolute atomic E-state index is 13.0. The van der Waals surface area contributed by atoms with Crippen LogP contribution >= 0.6 is 11.8 Å². The molecule has 0 spiro atoms. The Balaban J connectivity index is 1.64. The molecule has 0 fully saturated rings. The van der Waals surface area contributed by atoms with Crippen molar-refractivity contribution < 1.29 is 14.0 Å². The van der Waals surface area contributed by atoms with Crippen LogP contribution in [-0.2, 0) is 17.8 Å². The van der Waals surface area contributed by atoms with E-state index in [1.54, 1.807) is 0 Å². The van der Waals surface area contributed by atoms with Crippen LogP contribution in [-0.4, -0.2) is 32.2 Å². The molecule has 0 saturated heterocycles. The lowest BCUT2D eigenvalue weighted by Crippen LogP contribution is -2.18. The second kappa shape index (κ2) is 9.67. The van der Waals surface area contributed by atoms with Crippen molar-refractivity contribution in [3.8, 4) is 0 Å². The molecule has 0 aliphatic carbocycles. The molecule has 8 heteroatoms. The van der Waals surface area contributed by atoms with Crippen molar-refractivity contribution in [1.82, 2.24) is 14.8 Å². The SMILES string of the molecule is CCn1c(CC(=O)Nc2cccc(C)c2C)nnc1SCC(=O)c1ccc(F)cc1. The van der Waals surface area contributed by atoms with E-state index in [1.165, 1.54) is 36.0 Å². The molecule has 3 rings (SSSR count).